The number of ether oxygens (including phenoxy) is 7. The summed E-state index contributed by atoms with van der Waals surface area (Å²) in [6.07, 6.45) is -1.86. The second kappa shape index (κ2) is 18.2. The van der Waals surface area contributed by atoms with Gasteiger partial charge in [0.1, 0.15) is 5.60 Å². The van der Waals surface area contributed by atoms with Crippen LogP contribution in [0.4, 0.5) is 0 Å². The third-order valence-corrected chi connectivity index (χ3v) is 9.97. The van der Waals surface area contributed by atoms with Crippen molar-refractivity contribution < 1.29 is 42.7 Å². The van der Waals surface area contributed by atoms with E-state index in [1.54, 1.807) is 58.6 Å². The molecular formula is C36H55N3O9. The zero-order valence-electron chi connectivity index (χ0n) is 29.9. The molecule has 0 radical (unpaired) electrons. The molecule has 0 N–H and O–H groups in total. The van der Waals surface area contributed by atoms with Crippen molar-refractivity contribution in [2.75, 3.05) is 41.1 Å². The van der Waals surface area contributed by atoms with E-state index < -0.39 is 35.3 Å². The first kappa shape index (κ1) is 39.6. The number of ketones is 1. The van der Waals surface area contributed by atoms with Crippen LogP contribution in [0.5, 0.6) is 0 Å². The number of azide groups is 1. The van der Waals surface area contributed by atoms with Crippen LogP contribution in [0.25, 0.3) is 10.4 Å². The van der Waals surface area contributed by atoms with Crippen LogP contribution < -0.4 is 0 Å². The quantitative estimate of drug-likeness (QED) is 0.0439. The van der Waals surface area contributed by atoms with Crippen LogP contribution in [0.2, 0.25) is 0 Å². The highest BCUT2D eigenvalue weighted by atomic mass is 16.6. The zero-order chi connectivity index (χ0) is 35.5. The summed E-state index contributed by atoms with van der Waals surface area (Å²) >= 11 is 0. The molecule has 268 valence electrons. The molecule has 0 amide bonds. The number of hydrogen-bond acceptors (Lipinski definition) is 10. The summed E-state index contributed by atoms with van der Waals surface area (Å²) in [5.74, 6) is -0.910. The molecule has 0 bridgehead atoms. The number of Topliss-reactive ketones (excluding diaryl/α,β-unsaturated/α-hetero) is 1. The van der Waals surface area contributed by atoms with Crippen LogP contribution in [0.15, 0.2) is 47.6 Å². The summed E-state index contributed by atoms with van der Waals surface area (Å²) in [6.45, 7) is 15.1. The summed E-state index contributed by atoms with van der Waals surface area (Å²) in [5, 5.41) is 3.61. The third-order valence-electron chi connectivity index (χ3n) is 9.97. The van der Waals surface area contributed by atoms with E-state index in [1.165, 1.54) is 0 Å². The first-order chi connectivity index (χ1) is 22.8. The Hall–Kier alpha value is -2.83. The molecule has 1 aromatic rings. The second-order valence-corrected chi connectivity index (χ2v) is 13.8. The van der Waals surface area contributed by atoms with Crippen molar-refractivity contribution in [1.29, 1.82) is 0 Å². The third kappa shape index (κ3) is 10.1. The van der Waals surface area contributed by atoms with E-state index >= 15 is 0 Å². The Kier molecular flexibility index (Phi) is 15.1. The summed E-state index contributed by atoms with van der Waals surface area (Å²) in [5.41, 5.74) is 8.44. The van der Waals surface area contributed by atoms with E-state index in [-0.39, 0.29) is 55.7 Å². The molecule has 9 atom stereocenters. The van der Waals surface area contributed by atoms with Crippen LogP contribution >= 0.6 is 0 Å². The van der Waals surface area contributed by atoms with Gasteiger partial charge < -0.3 is 33.2 Å². The van der Waals surface area contributed by atoms with E-state index in [4.69, 9.17) is 38.7 Å². The molecule has 1 aromatic carbocycles. The molecule has 0 aliphatic carbocycles. The molecule has 0 saturated carbocycles. The fraction of sp³-hybridized carbons (Fsp3) is 0.722. The molecule has 2 saturated heterocycles. The zero-order valence-corrected chi connectivity index (χ0v) is 29.9. The lowest BCUT2D eigenvalue weighted by molar-refractivity contribution is -0.222. The Morgan fingerprint density at radius 1 is 1.15 bits per heavy atom. The normalized spacial score (nSPS) is 28.9. The Morgan fingerprint density at radius 3 is 2.46 bits per heavy atom. The molecule has 12 nitrogen and oxygen atoms in total. The van der Waals surface area contributed by atoms with Gasteiger partial charge in [-0.2, -0.15) is 0 Å². The van der Waals surface area contributed by atoms with E-state index in [9.17, 15) is 9.59 Å². The van der Waals surface area contributed by atoms with Crippen LogP contribution in [0.1, 0.15) is 77.1 Å². The van der Waals surface area contributed by atoms with Gasteiger partial charge in [-0.1, -0.05) is 56.2 Å². The molecule has 2 aliphatic rings. The Bertz CT molecular complexity index is 1250. The number of hydrogen-bond donors (Lipinski definition) is 0. The van der Waals surface area contributed by atoms with Gasteiger partial charge >= 0.3 is 5.97 Å². The first-order valence-corrected chi connectivity index (χ1v) is 16.8. The van der Waals surface area contributed by atoms with Crippen molar-refractivity contribution >= 4 is 11.8 Å². The maximum atomic E-state index is 14.5. The highest BCUT2D eigenvalue weighted by Crippen LogP contribution is 2.43. The van der Waals surface area contributed by atoms with Crippen LogP contribution in [0.3, 0.4) is 0 Å². The van der Waals surface area contributed by atoms with E-state index in [1.807, 2.05) is 13.8 Å². The number of methoxy groups -OCH3 is 3. The molecule has 0 unspecified atom stereocenters. The second-order valence-electron chi connectivity index (χ2n) is 13.8. The van der Waals surface area contributed by atoms with Gasteiger partial charge in [0.25, 0.3) is 0 Å². The lowest BCUT2D eigenvalue weighted by Gasteiger charge is -2.49. The van der Waals surface area contributed by atoms with Gasteiger partial charge in [-0.05, 0) is 37.9 Å². The molecule has 2 aliphatic heterocycles. The number of esters is 1. The topological polar surface area (TPSA) is 148 Å². The number of nitrogens with zero attached hydrogens (tertiary/aromatic N) is 3. The molecule has 12 heteroatoms. The maximum absolute atomic E-state index is 14.5. The number of benzene rings is 1. The Labute approximate surface area is 285 Å². The molecule has 0 spiro atoms. The van der Waals surface area contributed by atoms with E-state index in [2.05, 4.69) is 30.5 Å². The molecule has 3 rings (SSSR count). The standard InChI is InChI=1S/C36H55N3O9/c1-23-21-36(6,48-25(3)24(23)2)33(47-34(41)26-14-11-10-12-15-26)28(40)19-29(45-17-13-16-38-39-37)30-20-31(44-9)35(4,5)32(46-30)18-27(43-8)22-42-7/h10-12,14-15,24-25,27,29-33H,1,13,16-22H2,2-9H3/t24-,25-,27+,29-,30+,31-,32-,33-,36-/m1/s1. The van der Waals surface area contributed by atoms with Gasteiger partial charge in [0.2, 0.25) is 0 Å². The highest BCUT2D eigenvalue weighted by molar-refractivity contribution is 5.93. The van der Waals surface area contributed by atoms with Gasteiger partial charge in [0.15, 0.2) is 11.9 Å². The maximum Gasteiger partial charge on any atom is 0.338 e. The average molecular weight is 674 g/mol. The summed E-state index contributed by atoms with van der Waals surface area (Å²) in [7, 11) is 4.94. The van der Waals surface area contributed by atoms with Crippen molar-refractivity contribution in [2.24, 2.45) is 16.4 Å². The predicted molar refractivity (Wildman–Crippen MR) is 181 cm³/mol. The summed E-state index contributed by atoms with van der Waals surface area (Å²) in [6, 6.07) is 8.57. The van der Waals surface area contributed by atoms with Gasteiger partial charge in [-0.3, -0.25) is 4.79 Å². The van der Waals surface area contributed by atoms with Gasteiger partial charge in [-0.25, -0.2) is 4.79 Å². The largest absolute Gasteiger partial charge is 0.448 e. The van der Waals surface area contributed by atoms with Crippen LogP contribution in [0, 0.1) is 11.3 Å². The monoisotopic (exact) mass is 673 g/mol. The molecular weight excluding hydrogens is 618 g/mol. The Morgan fingerprint density at radius 2 is 1.85 bits per heavy atom. The molecule has 2 heterocycles. The highest BCUT2D eigenvalue weighted by Gasteiger charge is 2.51. The minimum Gasteiger partial charge on any atom is -0.448 e. The minimum absolute atomic E-state index is 0.0711. The number of rotatable bonds is 18. The molecule has 2 fully saturated rings. The van der Waals surface area contributed by atoms with Gasteiger partial charge in [0, 0.05) is 76.4 Å². The van der Waals surface area contributed by atoms with Gasteiger partial charge in [-0.15, -0.1) is 0 Å². The SMILES string of the molecule is C=C1C[C@](C)([C@H](OC(=O)c2ccccc2)C(=O)C[C@@H](OCCCN=[N+]=[N-])[C@@H]2C[C@@H](OC)C(C)(C)[C@@H](C[C@@H](COC)OC)O2)O[C@H](C)[C@@H]1C. The average Bonchev–Trinajstić information content (AvgIpc) is 3.06. The summed E-state index contributed by atoms with van der Waals surface area (Å²) in [4.78, 5) is 30.8. The van der Waals surface area contributed by atoms with E-state index in [0.29, 0.717) is 37.9 Å². The first-order valence-electron chi connectivity index (χ1n) is 16.8. The number of carbonyl (C=O) groups excluding carboxylic acids is 2. The van der Waals surface area contributed by atoms with Crippen molar-refractivity contribution in [3.05, 3.63) is 58.5 Å². The predicted octanol–water partition coefficient (Wildman–Crippen LogP) is 6.27. The number of carbonyl (C=O) groups is 2. The van der Waals surface area contributed by atoms with Crippen molar-refractivity contribution in [1.82, 2.24) is 0 Å². The minimum atomic E-state index is -1.25. The lowest BCUT2D eigenvalue weighted by Crippen LogP contribution is -2.57. The fourth-order valence-electron chi connectivity index (χ4n) is 6.78. The lowest BCUT2D eigenvalue weighted by atomic mass is 9.73. The van der Waals surface area contributed by atoms with Crippen molar-refractivity contribution in [3.8, 4) is 0 Å². The van der Waals surface area contributed by atoms with Crippen molar-refractivity contribution in [3.63, 3.8) is 0 Å². The summed E-state index contributed by atoms with van der Waals surface area (Å²) < 4.78 is 42.7. The smallest absolute Gasteiger partial charge is 0.338 e. The van der Waals surface area contributed by atoms with Crippen molar-refractivity contribution in [2.45, 2.75) is 115 Å². The van der Waals surface area contributed by atoms with Crippen LogP contribution in [-0.4, -0.2) is 101 Å². The Balaban J connectivity index is 1.96. The van der Waals surface area contributed by atoms with Crippen LogP contribution in [-0.2, 0) is 38.0 Å². The van der Waals surface area contributed by atoms with Gasteiger partial charge in [0.05, 0.1) is 48.8 Å². The van der Waals surface area contributed by atoms with E-state index in [0.717, 1.165) is 5.57 Å². The fourth-order valence-corrected chi connectivity index (χ4v) is 6.78. The molecule has 48 heavy (non-hydrogen) atoms. The molecule has 0 aromatic heterocycles.